The lowest BCUT2D eigenvalue weighted by atomic mass is 10.0. The first-order chi connectivity index (χ1) is 11.4. The fourth-order valence-corrected chi connectivity index (χ4v) is 3.86. The maximum absolute atomic E-state index is 12.6. The Bertz CT molecular complexity index is 639. The largest absolute Gasteiger partial charge is 0.373 e. The number of morpholine rings is 1. The summed E-state index contributed by atoms with van der Waals surface area (Å²) in [7, 11) is 0. The van der Waals surface area contributed by atoms with Gasteiger partial charge in [0.15, 0.2) is 0 Å². The lowest BCUT2D eigenvalue weighted by molar-refractivity contribution is -0.0856. The molecule has 0 aromatic carbocycles. The number of aromatic amines is 1. The minimum atomic E-state index is -0.294. The fraction of sp³-hybridized carbons (Fsp3) is 0.667. The molecular weight excluding hydrogens is 306 g/mol. The van der Waals surface area contributed by atoms with Crippen molar-refractivity contribution in [1.29, 1.82) is 0 Å². The fourth-order valence-electron chi connectivity index (χ4n) is 3.86. The molecule has 2 aliphatic heterocycles. The van der Waals surface area contributed by atoms with Crippen molar-refractivity contribution in [1.82, 2.24) is 14.8 Å². The second kappa shape index (κ2) is 7.07. The van der Waals surface area contributed by atoms with E-state index in [2.05, 4.69) is 23.7 Å². The minimum absolute atomic E-state index is 0.154. The van der Waals surface area contributed by atoms with Gasteiger partial charge in [-0.3, -0.25) is 14.5 Å². The number of carbonyl (C=O) groups excluding carboxylic acids is 1. The topological polar surface area (TPSA) is 65.6 Å². The van der Waals surface area contributed by atoms with Crippen LogP contribution in [0.25, 0.3) is 0 Å². The summed E-state index contributed by atoms with van der Waals surface area (Å²) in [4.78, 5) is 31.6. The quantitative estimate of drug-likeness (QED) is 0.888. The maximum atomic E-state index is 12.6. The van der Waals surface area contributed by atoms with Crippen LogP contribution in [0.15, 0.2) is 16.9 Å². The molecule has 132 valence electrons. The van der Waals surface area contributed by atoms with Crippen molar-refractivity contribution in [3.63, 3.8) is 0 Å². The number of amides is 1. The zero-order chi connectivity index (χ0) is 17.3. The average molecular weight is 333 g/mol. The zero-order valence-electron chi connectivity index (χ0n) is 14.7. The number of nitrogens with one attached hydrogen (secondary N) is 1. The van der Waals surface area contributed by atoms with Crippen molar-refractivity contribution in [2.75, 3.05) is 26.2 Å². The van der Waals surface area contributed by atoms with Gasteiger partial charge in [-0.2, -0.15) is 0 Å². The number of nitrogens with zero attached hydrogens (tertiary/aromatic N) is 2. The third-order valence-corrected chi connectivity index (χ3v) is 5.00. The van der Waals surface area contributed by atoms with E-state index in [0.29, 0.717) is 19.1 Å². The highest BCUT2D eigenvalue weighted by Gasteiger charge is 2.32. The molecule has 0 spiro atoms. The molecule has 0 saturated carbocycles. The van der Waals surface area contributed by atoms with Crippen LogP contribution in [0.4, 0.5) is 0 Å². The molecule has 2 fully saturated rings. The van der Waals surface area contributed by atoms with Gasteiger partial charge in [-0.05, 0) is 45.7 Å². The molecule has 2 saturated heterocycles. The molecule has 1 aromatic heterocycles. The number of likely N-dealkylation sites (tertiary alicyclic amines) is 1. The van der Waals surface area contributed by atoms with Crippen LogP contribution in [0.5, 0.6) is 0 Å². The Balaban J connectivity index is 1.60. The standard InChI is InChI=1S/C18H27N3O3/c1-12-4-5-16(17(22)19-12)18(23)20-8-6-15(7-9-20)21-10-13(2)24-14(3)11-21/h4-5,13-15H,6-11H2,1-3H3,(H,19,22)/t13-,14-/m0/s1. The van der Waals surface area contributed by atoms with Crippen molar-refractivity contribution in [3.05, 3.63) is 33.7 Å². The summed E-state index contributed by atoms with van der Waals surface area (Å²) >= 11 is 0. The van der Waals surface area contributed by atoms with Crippen LogP contribution in [0.3, 0.4) is 0 Å². The van der Waals surface area contributed by atoms with Crippen LogP contribution in [-0.2, 0) is 4.74 Å². The Morgan fingerprint density at radius 1 is 1.17 bits per heavy atom. The van der Waals surface area contributed by atoms with Crippen LogP contribution >= 0.6 is 0 Å². The highest BCUT2D eigenvalue weighted by atomic mass is 16.5. The van der Waals surface area contributed by atoms with Crippen LogP contribution < -0.4 is 5.56 Å². The molecule has 1 aromatic rings. The second-order valence-electron chi connectivity index (χ2n) is 7.12. The van der Waals surface area contributed by atoms with E-state index in [1.807, 2.05) is 11.8 Å². The summed E-state index contributed by atoms with van der Waals surface area (Å²) in [5, 5.41) is 0. The third kappa shape index (κ3) is 3.70. The Labute approximate surface area is 142 Å². The van der Waals surface area contributed by atoms with E-state index in [0.717, 1.165) is 31.6 Å². The highest BCUT2D eigenvalue weighted by Crippen LogP contribution is 2.22. The van der Waals surface area contributed by atoms with Crippen molar-refractivity contribution >= 4 is 5.91 Å². The van der Waals surface area contributed by atoms with Gasteiger partial charge in [-0.1, -0.05) is 0 Å². The van der Waals surface area contributed by atoms with E-state index < -0.39 is 0 Å². The normalized spacial score (nSPS) is 26.5. The molecule has 1 amide bonds. The van der Waals surface area contributed by atoms with E-state index in [4.69, 9.17) is 4.74 Å². The van der Waals surface area contributed by atoms with Crippen LogP contribution in [0.2, 0.25) is 0 Å². The minimum Gasteiger partial charge on any atom is -0.373 e. The molecule has 6 nitrogen and oxygen atoms in total. The Hall–Kier alpha value is -1.66. The second-order valence-corrected chi connectivity index (χ2v) is 7.12. The maximum Gasteiger partial charge on any atom is 0.260 e. The van der Waals surface area contributed by atoms with Gasteiger partial charge in [0.25, 0.3) is 11.5 Å². The number of pyridine rings is 1. The zero-order valence-corrected chi connectivity index (χ0v) is 14.7. The Morgan fingerprint density at radius 3 is 2.38 bits per heavy atom. The van der Waals surface area contributed by atoms with Crippen molar-refractivity contribution in [2.45, 2.75) is 51.9 Å². The molecule has 0 aliphatic carbocycles. The molecule has 3 heterocycles. The smallest absolute Gasteiger partial charge is 0.260 e. The first-order valence-electron chi connectivity index (χ1n) is 8.82. The number of rotatable bonds is 2. The summed E-state index contributed by atoms with van der Waals surface area (Å²) < 4.78 is 5.80. The Morgan fingerprint density at radius 2 is 1.79 bits per heavy atom. The molecule has 3 rings (SSSR count). The van der Waals surface area contributed by atoms with Gasteiger partial charge < -0.3 is 14.6 Å². The molecular formula is C18H27N3O3. The first-order valence-corrected chi connectivity index (χ1v) is 8.82. The summed E-state index contributed by atoms with van der Waals surface area (Å²) in [6.07, 6.45) is 2.43. The number of piperidine rings is 1. The molecule has 0 unspecified atom stereocenters. The number of aromatic nitrogens is 1. The molecule has 2 atom stereocenters. The monoisotopic (exact) mass is 333 g/mol. The van der Waals surface area contributed by atoms with Gasteiger partial charge in [-0.15, -0.1) is 0 Å². The average Bonchev–Trinajstić information content (AvgIpc) is 2.53. The Kier molecular flexibility index (Phi) is 5.06. The SMILES string of the molecule is Cc1ccc(C(=O)N2CCC(N3C[C@H](C)O[C@@H](C)C3)CC2)c(=O)[nH]1. The van der Waals surface area contributed by atoms with Crippen LogP contribution in [-0.4, -0.2) is 65.1 Å². The molecule has 0 bridgehead atoms. The van der Waals surface area contributed by atoms with Gasteiger partial charge in [0.2, 0.25) is 0 Å². The van der Waals surface area contributed by atoms with E-state index in [9.17, 15) is 9.59 Å². The van der Waals surface area contributed by atoms with Crippen molar-refractivity contribution < 1.29 is 9.53 Å². The molecule has 2 aliphatic rings. The van der Waals surface area contributed by atoms with E-state index >= 15 is 0 Å². The number of carbonyl (C=O) groups is 1. The van der Waals surface area contributed by atoms with Crippen molar-refractivity contribution in [2.24, 2.45) is 0 Å². The lowest BCUT2D eigenvalue weighted by Gasteiger charge is -2.43. The predicted octanol–water partition coefficient (Wildman–Crippen LogP) is 1.40. The van der Waals surface area contributed by atoms with Crippen molar-refractivity contribution in [3.8, 4) is 0 Å². The molecule has 24 heavy (non-hydrogen) atoms. The van der Waals surface area contributed by atoms with E-state index in [1.54, 1.807) is 12.1 Å². The summed E-state index contributed by atoms with van der Waals surface area (Å²) in [6, 6.07) is 3.91. The third-order valence-electron chi connectivity index (χ3n) is 5.00. The van der Waals surface area contributed by atoms with E-state index in [-0.39, 0.29) is 29.2 Å². The van der Waals surface area contributed by atoms with E-state index in [1.165, 1.54) is 0 Å². The number of H-pyrrole nitrogens is 1. The number of hydrogen-bond acceptors (Lipinski definition) is 4. The van der Waals surface area contributed by atoms with Gasteiger partial charge in [-0.25, -0.2) is 0 Å². The highest BCUT2D eigenvalue weighted by molar-refractivity contribution is 5.93. The number of aryl methyl sites for hydroxylation is 1. The number of hydrogen-bond donors (Lipinski definition) is 1. The summed E-state index contributed by atoms with van der Waals surface area (Å²) in [5.74, 6) is -0.154. The number of ether oxygens (including phenoxy) is 1. The summed E-state index contributed by atoms with van der Waals surface area (Å²) in [6.45, 7) is 9.37. The molecule has 6 heteroatoms. The molecule has 1 N–H and O–H groups in total. The van der Waals surface area contributed by atoms with Crippen LogP contribution in [0, 0.1) is 6.92 Å². The first kappa shape index (κ1) is 17.2. The van der Waals surface area contributed by atoms with Gasteiger partial charge in [0.05, 0.1) is 12.2 Å². The predicted molar refractivity (Wildman–Crippen MR) is 92.3 cm³/mol. The van der Waals surface area contributed by atoms with Gasteiger partial charge >= 0.3 is 0 Å². The lowest BCUT2D eigenvalue weighted by Crippen LogP contribution is -2.54. The molecule has 0 radical (unpaired) electrons. The van der Waals surface area contributed by atoms with Gasteiger partial charge in [0.1, 0.15) is 5.56 Å². The summed E-state index contributed by atoms with van der Waals surface area (Å²) in [5.41, 5.74) is 0.719. The van der Waals surface area contributed by atoms with Gasteiger partial charge in [0, 0.05) is 37.9 Å². The van der Waals surface area contributed by atoms with Crippen LogP contribution in [0.1, 0.15) is 42.7 Å².